The number of benzene rings is 2. The van der Waals surface area contributed by atoms with Gasteiger partial charge in [0.25, 0.3) is 0 Å². The Morgan fingerprint density at radius 3 is 2.28 bits per heavy atom. The average Bonchev–Trinajstić information content (AvgIpc) is 2.21. The Bertz CT molecular complexity index is 709. The standard InChI is InChI=1S/C11H10O5S.Na/c1-6-2-3-7-8(4-6)9(12)5-10(11(7)13)17(14,15)16;/h2-5,12-13H,1H3,(H,14,15,16);/q;+1/p-1. The molecule has 0 aliphatic carbocycles. The minimum absolute atomic E-state index is 0. The Kier molecular flexibility index (Phi) is 4.30. The summed E-state index contributed by atoms with van der Waals surface area (Å²) in [5, 5.41) is 19.8. The fourth-order valence-electron chi connectivity index (χ4n) is 1.67. The molecule has 0 spiro atoms. The Balaban J connectivity index is 0.00000162. The van der Waals surface area contributed by atoms with Gasteiger partial charge in [0, 0.05) is 16.8 Å². The van der Waals surface area contributed by atoms with E-state index in [1.807, 2.05) is 0 Å². The minimum Gasteiger partial charge on any atom is -0.744 e. The third-order valence-corrected chi connectivity index (χ3v) is 3.33. The normalized spacial score (nSPS) is 11.2. The van der Waals surface area contributed by atoms with Gasteiger partial charge in [-0.2, -0.15) is 0 Å². The van der Waals surface area contributed by atoms with Gasteiger partial charge in [0.05, 0.1) is 0 Å². The van der Waals surface area contributed by atoms with Crippen molar-refractivity contribution in [2.75, 3.05) is 0 Å². The zero-order chi connectivity index (χ0) is 12.8. The largest absolute Gasteiger partial charge is 1.00 e. The van der Waals surface area contributed by atoms with Crippen LogP contribution in [-0.4, -0.2) is 23.2 Å². The van der Waals surface area contributed by atoms with Gasteiger partial charge in [0.1, 0.15) is 26.5 Å². The summed E-state index contributed by atoms with van der Waals surface area (Å²) < 4.78 is 32.7. The number of phenols is 2. The van der Waals surface area contributed by atoms with E-state index in [1.54, 1.807) is 19.1 Å². The molecular weight excluding hydrogens is 267 g/mol. The van der Waals surface area contributed by atoms with Crippen LogP contribution in [-0.2, 0) is 10.1 Å². The first-order valence-corrected chi connectivity index (χ1v) is 6.12. The number of hydrogen-bond acceptors (Lipinski definition) is 5. The van der Waals surface area contributed by atoms with E-state index in [1.165, 1.54) is 6.07 Å². The first-order chi connectivity index (χ1) is 7.80. The van der Waals surface area contributed by atoms with Gasteiger partial charge in [0.2, 0.25) is 0 Å². The van der Waals surface area contributed by atoms with E-state index in [0.29, 0.717) is 5.39 Å². The molecule has 2 rings (SSSR count). The van der Waals surface area contributed by atoms with Crippen LogP contribution in [0.25, 0.3) is 10.8 Å². The minimum atomic E-state index is -4.82. The fourth-order valence-corrected chi connectivity index (χ4v) is 2.27. The van der Waals surface area contributed by atoms with Gasteiger partial charge >= 0.3 is 29.6 Å². The summed E-state index contributed by atoms with van der Waals surface area (Å²) in [5.41, 5.74) is 0.838. The second-order valence-electron chi connectivity index (χ2n) is 3.75. The molecule has 0 unspecified atom stereocenters. The van der Waals surface area contributed by atoms with Gasteiger partial charge in [-0.1, -0.05) is 17.7 Å². The maximum absolute atomic E-state index is 10.9. The summed E-state index contributed by atoms with van der Waals surface area (Å²) in [5.74, 6) is -0.983. The van der Waals surface area contributed by atoms with E-state index < -0.39 is 20.8 Å². The maximum atomic E-state index is 10.9. The Labute approximate surface area is 126 Å². The van der Waals surface area contributed by atoms with Crippen LogP contribution in [0.1, 0.15) is 5.56 Å². The summed E-state index contributed by atoms with van der Waals surface area (Å²) in [6, 6.07) is 5.45. The molecule has 0 aliphatic rings. The maximum Gasteiger partial charge on any atom is 1.00 e. The zero-order valence-electron chi connectivity index (χ0n) is 9.84. The Morgan fingerprint density at radius 2 is 1.72 bits per heavy atom. The number of aryl methyl sites for hydroxylation is 1. The number of fused-ring (bicyclic) bond motifs is 1. The summed E-state index contributed by atoms with van der Waals surface area (Å²) in [6.07, 6.45) is 0. The van der Waals surface area contributed by atoms with Crippen LogP contribution in [0.3, 0.4) is 0 Å². The molecule has 18 heavy (non-hydrogen) atoms. The van der Waals surface area contributed by atoms with Crippen LogP contribution in [0, 0.1) is 6.92 Å². The second kappa shape index (κ2) is 5.07. The molecule has 0 saturated heterocycles. The summed E-state index contributed by atoms with van der Waals surface area (Å²) in [4.78, 5) is -0.814. The SMILES string of the molecule is Cc1ccc2c(O)c(S(=O)(=O)[O-])cc(O)c2c1.[Na+]. The van der Waals surface area contributed by atoms with E-state index in [-0.39, 0.29) is 40.7 Å². The number of phenolic OH excluding ortho intramolecular Hbond substituents is 2. The predicted octanol–water partition coefficient (Wildman–Crippen LogP) is -1.53. The molecule has 7 heteroatoms. The summed E-state index contributed by atoms with van der Waals surface area (Å²) >= 11 is 0. The van der Waals surface area contributed by atoms with Gasteiger partial charge in [0.15, 0.2) is 0 Å². The molecule has 0 aliphatic heterocycles. The van der Waals surface area contributed by atoms with Gasteiger partial charge in [-0.25, -0.2) is 8.42 Å². The molecule has 0 saturated carbocycles. The van der Waals surface area contributed by atoms with Crippen LogP contribution < -0.4 is 29.6 Å². The van der Waals surface area contributed by atoms with E-state index in [9.17, 15) is 23.2 Å². The molecule has 90 valence electrons. The van der Waals surface area contributed by atoms with Crippen molar-refractivity contribution in [3.63, 3.8) is 0 Å². The zero-order valence-corrected chi connectivity index (χ0v) is 12.7. The summed E-state index contributed by atoms with van der Waals surface area (Å²) in [6.45, 7) is 1.79. The van der Waals surface area contributed by atoms with Crippen LogP contribution in [0.15, 0.2) is 29.2 Å². The molecule has 0 radical (unpaired) electrons. The van der Waals surface area contributed by atoms with Gasteiger partial charge in [-0.05, 0) is 13.0 Å². The molecule has 0 heterocycles. The summed E-state index contributed by atoms with van der Waals surface area (Å²) in [7, 11) is -4.82. The van der Waals surface area contributed by atoms with Crippen molar-refractivity contribution in [2.24, 2.45) is 0 Å². The van der Waals surface area contributed by atoms with Gasteiger partial charge < -0.3 is 14.8 Å². The number of aromatic hydroxyl groups is 2. The molecule has 0 bridgehead atoms. The molecule has 2 aromatic rings. The van der Waals surface area contributed by atoms with Crippen molar-refractivity contribution in [1.82, 2.24) is 0 Å². The van der Waals surface area contributed by atoms with Crippen molar-refractivity contribution >= 4 is 20.9 Å². The first kappa shape index (κ1) is 15.3. The van der Waals surface area contributed by atoms with Crippen molar-refractivity contribution in [1.29, 1.82) is 0 Å². The first-order valence-electron chi connectivity index (χ1n) is 4.72. The molecule has 2 aromatic carbocycles. The molecule has 5 nitrogen and oxygen atoms in total. The fraction of sp³-hybridized carbons (Fsp3) is 0.0909. The molecule has 0 aromatic heterocycles. The van der Waals surface area contributed by atoms with Crippen molar-refractivity contribution in [2.45, 2.75) is 11.8 Å². The van der Waals surface area contributed by atoms with Crippen LogP contribution in [0.5, 0.6) is 11.5 Å². The third kappa shape index (κ3) is 2.62. The van der Waals surface area contributed by atoms with E-state index in [0.717, 1.165) is 11.6 Å². The molecule has 0 atom stereocenters. The van der Waals surface area contributed by atoms with E-state index >= 15 is 0 Å². The third-order valence-electron chi connectivity index (χ3n) is 2.48. The van der Waals surface area contributed by atoms with Gasteiger partial charge in [-0.15, -0.1) is 0 Å². The monoisotopic (exact) mass is 276 g/mol. The molecule has 2 N–H and O–H groups in total. The number of rotatable bonds is 1. The van der Waals surface area contributed by atoms with Crippen molar-refractivity contribution in [3.05, 3.63) is 29.8 Å². The van der Waals surface area contributed by atoms with Crippen molar-refractivity contribution < 1.29 is 52.7 Å². The number of hydrogen-bond donors (Lipinski definition) is 2. The topological polar surface area (TPSA) is 97.7 Å². The average molecular weight is 276 g/mol. The quantitative estimate of drug-likeness (QED) is 0.374. The van der Waals surface area contributed by atoms with Crippen LogP contribution in [0.4, 0.5) is 0 Å². The second-order valence-corrected chi connectivity index (χ2v) is 5.09. The molecule has 0 fully saturated rings. The van der Waals surface area contributed by atoms with Gasteiger partial charge in [-0.3, -0.25) is 0 Å². The van der Waals surface area contributed by atoms with Crippen molar-refractivity contribution in [3.8, 4) is 11.5 Å². The van der Waals surface area contributed by atoms with E-state index in [4.69, 9.17) is 0 Å². The van der Waals surface area contributed by atoms with Crippen LogP contribution >= 0.6 is 0 Å². The van der Waals surface area contributed by atoms with E-state index in [2.05, 4.69) is 0 Å². The Morgan fingerprint density at radius 1 is 1.11 bits per heavy atom. The molecular formula is C11H9NaO5S. The predicted molar refractivity (Wildman–Crippen MR) is 60.0 cm³/mol. The smallest absolute Gasteiger partial charge is 0.744 e. The molecule has 0 amide bonds. The Hall–Kier alpha value is -0.790. The van der Waals surface area contributed by atoms with Crippen LogP contribution in [0.2, 0.25) is 0 Å².